The van der Waals surface area contributed by atoms with Gasteiger partial charge in [-0.2, -0.15) is 0 Å². The predicted molar refractivity (Wildman–Crippen MR) is 92.0 cm³/mol. The molecule has 2 saturated heterocycles. The second-order valence-corrected chi connectivity index (χ2v) is 6.70. The lowest BCUT2D eigenvalue weighted by molar-refractivity contribution is -0.131. The maximum atomic E-state index is 12.3. The fourth-order valence-corrected chi connectivity index (χ4v) is 3.79. The summed E-state index contributed by atoms with van der Waals surface area (Å²) in [7, 11) is 3.51. The van der Waals surface area contributed by atoms with Crippen molar-refractivity contribution >= 4 is 17.5 Å². The molecule has 130 valence electrons. The van der Waals surface area contributed by atoms with Crippen molar-refractivity contribution in [3.63, 3.8) is 0 Å². The summed E-state index contributed by atoms with van der Waals surface area (Å²) in [5.41, 5.74) is 0.715. The number of para-hydroxylation sites is 2. The van der Waals surface area contributed by atoms with E-state index in [4.69, 9.17) is 4.74 Å². The summed E-state index contributed by atoms with van der Waals surface area (Å²) < 4.78 is 5.26. The van der Waals surface area contributed by atoms with Gasteiger partial charge in [-0.05, 0) is 31.4 Å². The van der Waals surface area contributed by atoms with Crippen LogP contribution in [0, 0.1) is 0 Å². The highest BCUT2D eigenvalue weighted by Crippen LogP contribution is 2.37. The topological polar surface area (TPSA) is 61.9 Å². The second kappa shape index (κ2) is 6.81. The molecule has 0 unspecified atom stereocenters. The van der Waals surface area contributed by atoms with Gasteiger partial charge in [-0.25, -0.2) is 0 Å². The third-order valence-electron chi connectivity index (χ3n) is 5.42. The molecule has 2 aliphatic rings. The molecule has 2 amide bonds. The smallest absolute Gasteiger partial charge is 0.238 e. The minimum atomic E-state index is -0.0358. The first-order valence-corrected chi connectivity index (χ1v) is 8.46. The van der Waals surface area contributed by atoms with Crippen LogP contribution in [-0.2, 0) is 9.59 Å². The molecule has 0 saturated carbocycles. The lowest BCUT2D eigenvalue weighted by Gasteiger charge is -2.43. The second-order valence-electron chi connectivity index (χ2n) is 6.70. The Morgan fingerprint density at radius 3 is 2.58 bits per heavy atom. The van der Waals surface area contributed by atoms with Crippen LogP contribution in [-0.4, -0.2) is 60.9 Å². The molecule has 1 aromatic rings. The van der Waals surface area contributed by atoms with Crippen LogP contribution < -0.4 is 10.1 Å². The molecule has 6 heteroatoms. The summed E-state index contributed by atoms with van der Waals surface area (Å²) in [5, 5.41) is 2.92. The Labute approximate surface area is 142 Å². The number of benzene rings is 1. The van der Waals surface area contributed by atoms with Gasteiger partial charge >= 0.3 is 0 Å². The van der Waals surface area contributed by atoms with Gasteiger partial charge in [-0.15, -0.1) is 0 Å². The summed E-state index contributed by atoms with van der Waals surface area (Å²) in [4.78, 5) is 28.2. The quantitative estimate of drug-likeness (QED) is 0.912. The number of hydrogen-bond acceptors (Lipinski definition) is 4. The van der Waals surface area contributed by atoms with Crippen molar-refractivity contribution < 1.29 is 14.3 Å². The zero-order valence-electron chi connectivity index (χ0n) is 14.4. The van der Waals surface area contributed by atoms with Crippen molar-refractivity contribution in [2.45, 2.75) is 31.2 Å². The summed E-state index contributed by atoms with van der Waals surface area (Å²) >= 11 is 0. The molecule has 0 radical (unpaired) electrons. The number of carbonyl (C=O) groups is 2. The van der Waals surface area contributed by atoms with E-state index in [9.17, 15) is 9.59 Å². The van der Waals surface area contributed by atoms with E-state index in [1.54, 1.807) is 7.11 Å². The van der Waals surface area contributed by atoms with Crippen LogP contribution in [0.15, 0.2) is 24.3 Å². The van der Waals surface area contributed by atoms with Gasteiger partial charge in [-0.1, -0.05) is 12.1 Å². The highest BCUT2D eigenvalue weighted by Gasteiger charge is 2.44. The lowest BCUT2D eigenvalue weighted by Crippen LogP contribution is -2.52. The van der Waals surface area contributed by atoms with Gasteiger partial charge in [0.1, 0.15) is 5.75 Å². The van der Waals surface area contributed by atoms with Crippen LogP contribution in [0.5, 0.6) is 5.75 Å². The molecule has 0 bridgehead atoms. The molecule has 1 spiro atoms. The Morgan fingerprint density at radius 1 is 1.25 bits per heavy atom. The molecule has 2 fully saturated rings. The van der Waals surface area contributed by atoms with Gasteiger partial charge < -0.3 is 15.0 Å². The molecular weight excluding hydrogens is 306 g/mol. The van der Waals surface area contributed by atoms with Crippen molar-refractivity contribution in [3.05, 3.63) is 24.3 Å². The predicted octanol–water partition coefficient (Wildman–Crippen LogP) is 1.72. The summed E-state index contributed by atoms with van der Waals surface area (Å²) in [6.07, 6.45) is 3.49. The van der Waals surface area contributed by atoms with E-state index >= 15 is 0 Å². The van der Waals surface area contributed by atoms with Crippen LogP contribution in [0.3, 0.4) is 0 Å². The van der Waals surface area contributed by atoms with Gasteiger partial charge in [0.25, 0.3) is 0 Å². The van der Waals surface area contributed by atoms with Gasteiger partial charge in [0, 0.05) is 32.1 Å². The Hall–Kier alpha value is -2.08. The number of likely N-dealkylation sites (tertiary alicyclic amines) is 2. The van der Waals surface area contributed by atoms with Crippen LogP contribution in [0.25, 0.3) is 0 Å². The average molecular weight is 331 g/mol. The minimum absolute atomic E-state index is 0.0205. The summed E-state index contributed by atoms with van der Waals surface area (Å²) in [6, 6.07) is 7.40. The first kappa shape index (κ1) is 16.8. The number of piperidine rings is 1. The van der Waals surface area contributed by atoms with E-state index in [0.29, 0.717) is 24.4 Å². The first-order valence-electron chi connectivity index (χ1n) is 8.46. The van der Waals surface area contributed by atoms with E-state index in [0.717, 1.165) is 32.4 Å². The first-order chi connectivity index (χ1) is 11.5. The molecule has 0 atom stereocenters. The number of ether oxygens (including phenoxy) is 1. The summed E-state index contributed by atoms with van der Waals surface area (Å²) in [6.45, 7) is 2.06. The molecule has 6 nitrogen and oxygen atoms in total. The average Bonchev–Trinajstić information content (AvgIpc) is 2.86. The Kier molecular flexibility index (Phi) is 4.76. The molecule has 0 aromatic heterocycles. The fourth-order valence-electron chi connectivity index (χ4n) is 3.79. The number of amides is 2. The zero-order valence-corrected chi connectivity index (χ0v) is 14.4. The molecule has 0 aliphatic carbocycles. The highest BCUT2D eigenvalue weighted by atomic mass is 16.5. The number of rotatable bonds is 4. The number of nitrogens with one attached hydrogen (secondary N) is 1. The maximum absolute atomic E-state index is 12.3. The largest absolute Gasteiger partial charge is 0.495 e. The SMILES string of the molecule is COc1ccccc1NC(=O)CN1CCC2(CCC(=O)N2C)CC1. The molecule has 24 heavy (non-hydrogen) atoms. The normalized spacial score (nSPS) is 20.4. The third kappa shape index (κ3) is 3.24. The monoisotopic (exact) mass is 331 g/mol. The van der Waals surface area contributed by atoms with Gasteiger partial charge in [0.2, 0.25) is 11.8 Å². The van der Waals surface area contributed by atoms with E-state index in [-0.39, 0.29) is 17.4 Å². The van der Waals surface area contributed by atoms with E-state index in [2.05, 4.69) is 10.2 Å². The Balaban J connectivity index is 1.53. The lowest BCUT2D eigenvalue weighted by atomic mass is 9.85. The van der Waals surface area contributed by atoms with E-state index in [1.165, 1.54) is 0 Å². The zero-order chi connectivity index (χ0) is 17.2. The standard InChI is InChI=1S/C18H25N3O3/c1-20-17(23)7-8-18(20)9-11-21(12-10-18)13-16(22)19-14-5-3-4-6-15(14)24-2/h3-6H,7-13H2,1-2H3,(H,19,22). The van der Waals surface area contributed by atoms with E-state index in [1.807, 2.05) is 36.2 Å². The van der Waals surface area contributed by atoms with Crippen LogP contribution in [0.4, 0.5) is 5.69 Å². The van der Waals surface area contributed by atoms with Crippen LogP contribution in [0.1, 0.15) is 25.7 Å². The van der Waals surface area contributed by atoms with Crippen molar-refractivity contribution in [1.29, 1.82) is 0 Å². The number of nitrogens with zero attached hydrogens (tertiary/aromatic N) is 2. The van der Waals surface area contributed by atoms with Crippen molar-refractivity contribution in [3.8, 4) is 5.75 Å². The Bertz CT molecular complexity index is 624. The highest BCUT2D eigenvalue weighted by molar-refractivity contribution is 5.93. The van der Waals surface area contributed by atoms with Crippen LogP contribution in [0.2, 0.25) is 0 Å². The number of methoxy groups -OCH3 is 1. The molecular formula is C18H25N3O3. The fraction of sp³-hybridized carbons (Fsp3) is 0.556. The van der Waals surface area contributed by atoms with Crippen molar-refractivity contribution in [2.75, 3.05) is 39.1 Å². The maximum Gasteiger partial charge on any atom is 0.238 e. The van der Waals surface area contributed by atoms with Gasteiger partial charge in [0.05, 0.1) is 19.3 Å². The molecule has 3 rings (SSSR count). The van der Waals surface area contributed by atoms with Crippen molar-refractivity contribution in [1.82, 2.24) is 9.80 Å². The van der Waals surface area contributed by atoms with Gasteiger partial charge in [0.15, 0.2) is 0 Å². The third-order valence-corrected chi connectivity index (χ3v) is 5.42. The molecule has 2 aliphatic heterocycles. The Morgan fingerprint density at radius 2 is 1.96 bits per heavy atom. The van der Waals surface area contributed by atoms with E-state index < -0.39 is 0 Å². The number of anilines is 1. The molecule has 1 N–H and O–H groups in total. The van der Waals surface area contributed by atoms with Gasteiger partial charge in [-0.3, -0.25) is 14.5 Å². The molecule has 2 heterocycles. The number of hydrogen-bond donors (Lipinski definition) is 1. The van der Waals surface area contributed by atoms with Crippen LogP contribution >= 0.6 is 0 Å². The minimum Gasteiger partial charge on any atom is -0.495 e. The number of carbonyl (C=O) groups excluding carboxylic acids is 2. The van der Waals surface area contributed by atoms with Crippen molar-refractivity contribution in [2.24, 2.45) is 0 Å². The summed E-state index contributed by atoms with van der Waals surface area (Å²) in [5.74, 6) is 0.873. The molecule has 1 aromatic carbocycles.